The first-order chi connectivity index (χ1) is 13.5. The van der Waals surface area contributed by atoms with Crippen LogP contribution in [0.2, 0.25) is 0 Å². The van der Waals surface area contributed by atoms with Gasteiger partial charge in [0.05, 0.1) is 6.04 Å². The molecule has 0 aliphatic carbocycles. The summed E-state index contributed by atoms with van der Waals surface area (Å²) in [4.78, 5) is 24.7. The third kappa shape index (κ3) is 4.75. The number of benzene rings is 2. The van der Waals surface area contributed by atoms with Gasteiger partial charge in [-0.25, -0.2) is 4.39 Å². The largest absolute Gasteiger partial charge is 0.381 e. The molecule has 3 rings (SSSR count). The monoisotopic (exact) mass is 384 g/mol. The van der Waals surface area contributed by atoms with Gasteiger partial charge in [0.2, 0.25) is 0 Å². The highest BCUT2D eigenvalue weighted by atomic mass is 19.1. The van der Waals surface area contributed by atoms with Crippen molar-refractivity contribution in [3.8, 4) is 0 Å². The zero-order chi connectivity index (χ0) is 20.0. The topological polar surface area (TPSA) is 67.4 Å². The lowest BCUT2D eigenvalue weighted by atomic mass is 9.74. The maximum atomic E-state index is 13.3. The quantitative estimate of drug-likeness (QED) is 0.779. The average Bonchev–Trinajstić information content (AvgIpc) is 2.73. The molecule has 0 bridgehead atoms. The molecule has 1 aliphatic heterocycles. The molecule has 1 fully saturated rings. The van der Waals surface area contributed by atoms with E-state index in [0.717, 1.165) is 11.1 Å². The van der Waals surface area contributed by atoms with Crippen LogP contribution in [-0.4, -0.2) is 31.6 Å². The summed E-state index contributed by atoms with van der Waals surface area (Å²) >= 11 is 0. The number of rotatable bonds is 5. The minimum absolute atomic E-state index is 0.270. The van der Waals surface area contributed by atoms with Crippen LogP contribution in [0.25, 0.3) is 0 Å². The van der Waals surface area contributed by atoms with Crippen molar-refractivity contribution in [2.45, 2.75) is 31.2 Å². The molecule has 0 radical (unpaired) electrons. The molecule has 1 heterocycles. The van der Waals surface area contributed by atoms with Crippen LogP contribution in [-0.2, 0) is 19.7 Å². The molecule has 2 amide bonds. The second-order valence-electron chi connectivity index (χ2n) is 7.19. The Kier molecular flexibility index (Phi) is 6.41. The summed E-state index contributed by atoms with van der Waals surface area (Å²) in [6, 6.07) is 15.5. The Bertz CT molecular complexity index is 802. The van der Waals surface area contributed by atoms with Crippen LogP contribution >= 0.6 is 0 Å². The minimum atomic E-state index is -0.671. The van der Waals surface area contributed by atoms with Gasteiger partial charge in [0.15, 0.2) is 0 Å². The Labute approximate surface area is 164 Å². The zero-order valence-electron chi connectivity index (χ0n) is 15.9. The molecule has 0 spiro atoms. The fourth-order valence-corrected chi connectivity index (χ4v) is 3.55. The number of hydrogen-bond donors (Lipinski definition) is 2. The maximum Gasteiger partial charge on any atom is 0.309 e. The van der Waals surface area contributed by atoms with Crippen molar-refractivity contribution in [2.75, 3.05) is 19.8 Å². The fourth-order valence-electron chi connectivity index (χ4n) is 3.55. The van der Waals surface area contributed by atoms with E-state index in [0.29, 0.717) is 32.6 Å². The third-order valence-corrected chi connectivity index (χ3v) is 5.35. The second kappa shape index (κ2) is 8.97. The summed E-state index contributed by atoms with van der Waals surface area (Å²) in [6.45, 7) is 3.25. The van der Waals surface area contributed by atoms with Crippen molar-refractivity contribution in [1.82, 2.24) is 10.6 Å². The number of amides is 2. The molecule has 1 atom stereocenters. The van der Waals surface area contributed by atoms with Gasteiger partial charge in [-0.15, -0.1) is 0 Å². The second-order valence-corrected chi connectivity index (χ2v) is 7.19. The summed E-state index contributed by atoms with van der Waals surface area (Å²) < 4.78 is 18.8. The van der Waals surface area contributed by atoms with Crippen LogP contribution in [0.3, 0.4) is 0 Å². The Morgan fingerprint density at radius 3 is 2.32 bits per heavy atom. The molecule has 0 aromatic heterocycles. The molecule has 1 aliphatic rings. The number of carbonyl (C=O) groups excluding carboxylic acids is 2. The molecule has 0 saturated carbocycles. The molecule has 148 valence electrons. The number of carbonyl (C=O) groups is 2. The summed E-state index contributed by atoms with van der Waals surface area (Å²) in [5.41, 5.74) is 1.50. The van der Waals surface area contributed by atoms with Crippen LogP contribution in [0.5, 0.6) is 0 Å². The van der Waals surface area contributed by atoms with Gasteiger partial charge in [-0.05, 0) is 43.0 Å². The smallest absolute Gasteiger partial charge is 0.309 e. The van der Waals surface area contributed by atoms with Crippen LogP contribution in [0.1, 0.15) is 36.9 Å². The number of ether oxygens (including phenoxy) is 1. The van der Waals surface area contributed by atoms with E-state index in [4.69, 9.17) is 4.74 Å². The van der Waals surface area contributed by atoms with E-state index in [-0.39, 0.29) is 17.3 Å². The fraction of sp³-hybridized carbons (Fsp3) is 0.364. The van der Waals surface area contributed by atoms with Crippen molar-refractivity contribution >= 4 is 11.8 Å². The highest BCUT2D eigenvalue weighted by Gasteiger charge is 2.35. The van der Waals surface area contributed by atoms with Crippen molar-refractivity contribution in [3.63, 3.8) is 0 Å². The first-order valence-corrected chi connectivity index (χ1v) is 9.48. The molecule has 2 aromatic carbocycles. The Morgan fingerprint density at radius 1 is 1.04 bits per heavy atom. The molecule has 2 aromatic rings. The average molecular weight is 384 g/mol. The molecular formula is C22H25FN2O3. The Morgan fingerprint density at radius 2 is 1.68 bits per heavy atom. The molecule has 1 unspecified atom stereocenters. The van der Waals surface area contributed by atoms with E-state index in [1.54, 1.807) is 12.1 Å². The van der Waals surface area contributed by atoms with Crippen molar-refractivity contribution < 1.29 is 18.7 Å². The van der Waals surface area contributed by atoms with Crippen molar-refractivity contribution in [1.29, 1.82) is 0 Å². The first kappa shape index (κ1) is 20.0. The SMILES string of the molecule is CC(NC(=O)C(=O)NCC1(c2ccc(F)cc2)CCOCC1)c1ccccc1. The zero-order valence-corrected chi connectivity index (χ0v) is 15.9. The molecule has 1 saturated heterocycles. The normalized spacial score (nSPS) is 16.8. The van der Waals surface area contributed by atoms with Gasteiger partial charge in [0, 0.05) is 25.2 Å². The summed E-state index contributed by atoms with van der Waals surface area (Å²) in [5, 5.41) is 5.48. The lowest BCUT2D eigenvalue weighted by molar-refractivity contribution is -0.139. The maximum absolute atomic E-state index is 13.3. The highest BCUT2D eigenvalue weighted by Crippen LogP contribution is 2.34. The van der Waals surface area contributed by atoms with E-state index >= 15 is 0 Å². The third-order valence-electron chi connectivity index (χ3n) is 5.35. The van der Waals surface area contributed by atoms with Gasteiger partial charge in [0.1, 0.15) is 5.82 Å². The van der Waals surface area contributed by atoms with E-state index < -0.39 is 11.8 Å². The van der Waals surface area contributed by atoms with Gasteiger partial charge >= 0.3 is 11.8 Å². The molecule has 28 heavy (non-hydrogen) atoms. The van der Waals surface area contributed by atoms with Crippen molar-refractivity contribution in [2.24, 2.45) is 0 Å². The Balaban J connectivity index is 1.63. The molecule has 5 nitrogen and oxygen atoms in total. The standard InChI is InChI=1S/C22H25FN2O3/c1-16(17-5-3-2-4-6-17)25-21(27)20(26)24-15-22(11-13-28-14-12-22)18-7-9-19(23)10-8-18/h2-10,16H,11-15H2,1H3,(H,24,26)(H,25,27). The van der Waals surface area contributed by atoms with Crippen molar-refractivity contribution in [3.05, 3.63) is 71.5 Å². The van der Waals surface area contributed by atoms with Crippen LogP contribution in [0.15, 0.2) is 54.6 Å². The summed E-state index contributed by atoms with van der Waals surface area (Å²) in [7, 11) is 0. The van der Waals surface area contributed by atoms with Gasteiger partial charge in [-0.1, -0.05) is 42.5 Å². The van der Waals surface area contributed by atoms with Gasteiger partial charge in [-0.2, -0.15) is 0 Å². The number of hydrogen-bond acceptors (Lipinski definition) is 3. The van der Waals surface area contributed by atoms with Crippen LogP contribution in [0, 0.1) is 5.82 Å². The van der Waals surface area contributed by atoms with E-state index in [1.165, 1.54) is 12.1 Å². The number of nitrogens with one attached hydrogen (secondary N) is 2. The minimum Gasteiger partial charge on any atom is -0.381 e. The first-order valence-electron chi connectivity index (χ1n) is 9.48. The molecular weight excluding hydrogens is 359 g/mol. The van der Waals surface area contributed by atoms with E-state index in [9.17, 15) is 14.0 Å². The molecule has 2 N–H and O–H groups in total. The predicted octanol–water partition coefficient (Wildman–Crippen LogP) is 2.87. The predicted molar refractivity (Wildman–Crippen MR) is 104 cm³/mol. The van der Waals surface area contributed by atoms with Gasteiger partial charge in [-0.3, -0.25) is 9.59 Å². The summed E-state index contributed by atoms with van der Waals surface area (Å²) in [5.74, 6) is -1.64. The lowest BCUT2D eigenvalue weighted by Gasteiger charge is -2.37. The van der Waals surface area contributed by atoms with E-state index in [2.05, 4.69) is 10.6 Å². The Hall–Kier alpha value is -2.73. The van der Waals surface area contributed by atoms with Crippen LogP contribution in [0.4, 0.5) is 4.39 Å². The van der Waals surface area contributed by atoms with Crippen LogP contribution < -0.4 is 10.6 Å². The van der Waals surface area contributed by atoms with Gasteiger partial charge in [0.25, 0.3) is 0 Å². The number of halogens is 1. The molecule has 6 heteroatoms. The van der Waals surface area contributed by atoms with Gasteiger partial charge < -0.3 is 15.4 Å². The van der Waals surface area contributed by atoms with E-state index in [1.807, 2.05) is 37.3 Å². The summed E-state index contributed by atoms with van der Waals surface area (Å²) in [6.07, 6.45) is 1.39. The highest BCUT2D eigenvalue weighted by molar-refractivity contribution is 6.35. The lowest BCUT2D eigenvalue weighted by Crippen LogP contribution is -2.48.